The molecule has 0 spiro atoms. The first-order chi connectivity index (χ1) is 9.39. The van der Waals surface area contributed by atoms with Gasteiger partial charge in [-0.25, -0.2) is 0 Å². The van der Waals surface area contributed by atoms with Crippen LogP contribution >= 0.6 is 11.6 Å². The highest BCUT2D eigenvalue weighted by atomic mass is 35.5. The van der Waals surface area contributed by atoms with Crippen molar-refractivity contribution in [3.05, 3.63) is 53.1 Å². The summed E-state index contributed by atoms with van der Waals surface area (Å²) in [4.78, 5) is 18.9. The number of amides is 1. The van der Waals surface area contributed by atoms with Crippen LogP contribution in [0.3, 0.4) is 0 Å². The lowest BCUT2D eigenvalue weighted by Crippen LogP contribution is -2.20. The molecule has 0 radical (unpaired) electrons. The van der Waals surface area contributed by atoms with Gasteiger partial charge in [-0.3, -0.25) is 14.8 Å². The molecular weight excluding hydrogens is 295 g/mol. The molecule has 4 nitrogen and oxygen atoms in total. The number of nitrogens with zero attached hydrogens (tertiary/aromatic N) is 2. The van der Waals surface area contributed by atoms with Gasteiger partial charge in [0.25, 0.3) is 5.91 Å². The Kier molecular flexibility index (Phi) is 3.89. The van der Waals surface area contributed by atoms with Gasteiger partial charge in [0.15, 0.2) is 5.69 Å². The first-order valence-electron chi connectivity index (χ1n) is 5.32. The molecule has 2 aromatic heterocycles. The van der Waals surface area contributed by atoms with Crippen LogP contribution in [0.4, 0.5) is 18.9 Å². The maximum atomic E-state index is 12.8. The van der Waals surface area contributed by atoms with Crippen molar-refractivity contribution in [2.75, 3.05) is 5.32 Å². The zero-order valence-corrected chi connectivity index (χ0v) is 10.5. The predicted molar refractivity (Wildman–Crippen MR) is 66.4 cm³/mol. The summed E-state index contributed by atoms with van der Waals surface area (Å²) in [5, 5.41) is 1.96. The Bertz CT molecular complexity index is 632. The van der Waals surface area contributed by atoms with Crippen molar-refractivity contribution in [2.24, 2.45) is 0 Å². The number of nitrogens with one attached hydrogen (secondary N) is 1. The number of pyridine rings is 2. The van der Waals surface area contributed by atoms with Crippen molar-refractivity contribution < 1.29 is 18.0 Å². The number of hydrogen-bond donors (Lipinski definition) is 1. The molecule has 0 saturated carbocycles. The number of anilines is 1. The van der Waals surface area contributed by atoms with E-state index in [1.807, 2.05) is 0 Å². The summed E-state index contributed by atoms with van der Waals surface area (Å²) in [6, 6.07) is 4.14. The summed E-state index contributed by atoms with van der Waals surface area (Å²) in [7, 11) is 0. The molecule has 20 heavy (non-hydrogen) atoms. The molecule has 0 aliphatic heterocycles. The number of carbonyl (C=O) groups excluding carboxylic acids is 1. The van der Waals surface area contributed by atoms with Crippen molar-refractivity contribution >= 4 is 23.2 Å². The van der Waals surface area contributed by atoms with Gasteiger partial charge in [0, 0.05) is 12.4 Å². The van der Waals surface area contributed by atoms with Crippen LogP contribution in [0.5, 0.6) is 0 Å². The van der Waals surface area contributed by atoms with Gasteiger partial charge in [-0.05, 0) is 18.2 Å². The molecule has 1 N–H and O–H groups in total. The standard InChI is InChI=1S/C12H7ClF3N3O/c13-8-3-5-18-10(12(14,15)16)9(8)11(20)19-7-2-1-4-17-6-7/h1-6H,(H,19,20). The van der Waals surface area contributed by atoms with Gasteiger partial charge in [-0.2, -0.15) is 13.2 Å². The van der Waals surface area contributed by atoms with Gasteiger partial charge < -0.3 is 5.32 Å². The fraction of sp³-hybridized carbons (Fsp3) is 0.0833. The topological polar surface area (TPSA) is 54.9 Å². The number of hydrogen-bond acceptors (Lipinski definition) is 3. The molecule has 0 aliphatic carbocycles. The molecule has 0 aromatic carbocycles. The second-order valence-corrected chi connectivity index (χ2v) is 4.12. The van der Waals surface area contributed by atoms with E-state index in [1.165, 1.54) is 24.5 Å². The van der Waals surface area contributed by atoms with E-state index in [4.69, 9.17) is 11.6 Å². The van der Waals surface area contributed by atoms with Gasteiger partial charge in [0.05, 0.1) is 22.5 Å². The summed E-state index contributed by atoms with van der Waals surface area (Å²) in [5.74, 6) is -0.997. The van der Waals surface area contributed by atoms with Gasteiger partial charge in [0.1, 0.15) is 0 Å². The van der Waals surface area contributed by atoms with E-state index in [9.17, 15) is 18.0 Å². The highest BCUT2D eigenvalue weighted by Crippen LogP contribution is 2.33. The first kappa shape index (κ1) is 14.3. The van der Waals surface area contributed by atoms with Crippen LogP contribution in [0.2, 0.25) is 5.02 Å². The highest BCUT2D eigenvalue weighted by Gasteiger charge is 2.38. The molecule has 2 rings (SSSR count). The van der Waals surface area contributed by atoms with Gasteiger partial charge in [-0.1, -0.05) is 11.6 Å². The maximum Gasteiger partial charge on any atom is 0.434 e. The molecular formula is C12H7ClF3N3O. The quantitative estimate of drug-likeness (QED) is 0.925. The number of alkyl halides is 3. The average molecular weight is 302 g/mol. The zero-order chi connectivity index (χ0) is 14.8. The minimum absolute atomic E-state index is 0.255. The van der Waals surface area contributed by atoms with Crippen LogP contribution in [0.25, 0.3) is 0 Å². The molecule has 8 heteroatoms. The van der Waals surface area contributed by atoms with Gasteiger partial charge in [-0.15, -0.1) is 0 Å². The number of aromatic nitrogens is 2. The molecule has 1 amide bonds. The molecule has 104 valence electrons. The molecule has 2 heterocycles. The first-order valence-corrected chi connectivity index (χ1v) is 5.70. The lowest BCUT2D eigenvalue weighted by Gasteiger charge is -2.12. The molecule has 0 saturated heterocycles. The maximum absolute atomic E-state index is 12.8. The van der Waals surface area contributed by atoms with Crippen LogP contribution in [0.1, 0.15) is 16.1 Å². The molecule has 0 atom stereocenters. The summed E-state index contributed by atoms with van der Waals surface area (Å²) in [5.41, 5.74) is -1.79. The third kappa shape index (κ3) is 3.05. The summed E-state index contributed by atoms with van der Waals surface area (Å²) >= 11 is 5.68. The fourth-order valence-electron chi connectivity index (χ4n) is 1.50. The van der Waals surface area contributed by atoms with E-state index >= 15 is 0 Å². The molecule has 2 aromatic rings. The Labute approximate surface area is 116 Å². The molecule has 0 unspecified atom stereocenters. The second kappa shape index (κ2) is 5.46. The molecule has 0 fully saturated rings. The number of halogens is 4. The van der Waals surface area contributed by atoms with Crippen LogP contribution in [0.15, 0.2) is 36.8 Å². The lowest BCUT2D eigenvalue weighted by atomic mass is 10.1. The minimum atomic E-state index is -4.77. The van der Waals surface area contributed by atoms with Crippen molar-refractivity contribution in [3.8, 4) is 0 Å². The van der Waals surface area contributed by atoms with Gasteiger partial charge >= 0.3 is 6.18 Å². The van der Waals surface area contributed by atoms with E-state index in [-0.39, 0.29) is 10.7 Å². The van der Waals surface area contributed by atoms with E-state index in [0.717, 1.165) is 12.3 Å². The van der Waals surface area contributed by atoms with E-state index in [0.29, 0.717) is 0 Å². The van der Waals surface area contributed by atoms with Crippen LogP contribution in [-0.4, -0.2) is 15.9 Å². The SMILES string of the molecule is O=C(Nc1cccnc1)c1c(Cl)ccnc1C(F)(F)F. The molecule has 0 bridgehead atoms. The van der Waals surface area contributed by atoms with Gasteiger partial charge in [0.2, 0.25) is 0 Å². The fourth-order valence-corrected chi connectivity index (χ4v) is 1.73. The predicted octanol–water partition coefficient (Wildman–Crippen LogP) is 3.40. The average Bonchev–Trinajstić information content (AvgIpc) is 2.38. The Morgan fingerprint density at radius 3 is 2.60 bits per heavy atom. The van der Waals surface area contributed by atoms with E-state index in [1.54, 1.807) is 0 Å². The largest absolute Gasteiger partial charge is 0.434 e. The van der Waals surface area contributed by atoms with E-state index < -0.39 is 23.3 Å². The highest BCUT2D eigenvalue weighted by molar-refractivity contribution is 6.34. The van der Waals surface area contributed by atoms with Crippen molar-refractivity contribution in [1.82, 2.24) is 9.97 Å². The Morgan fingerprint density at radius 2 is 2.00 bits per heavy atom. The van der Waals surface area contributed by atoms with Crippen LogP contribution < -0.4 is 5.32 Å². The number of rotatable bonds is 2. The van der Waals surface area contributed by atoms with Crippen molar-refractivity contribution in [1.29, 1.82) is 0 Å². The summed E-state index contributed by atoms with van der Waals surface area (Å²) in [6.45, 7) is 0. The zero-order valence-electron chi connectivity index (χ0n) is 9.78. The number of carbonyl (C=O) groups is 1. The minimum Gasteiger partial charge on any atom is -0.320 e. The summed E-state index contributed by atoms with van der Waals surface area (Å²) < 4.78 is 38.4. The van der Waals surface area contributed by atoms with Crippen molar-refractivity contribution in [3.63, 3.8) is 0 Å². The lowest BCUT2D eigenvalue weighted by molar-refractivity contribution is -0.141. The van der Waals surface area contributed by atoms with Crippen LogP contribution in [-0.2, 0) is 6.18 Å². The summed E-state index contributed by atoms with van der Waals surface area (Å²) in [6.07, 6.45) is -1.11. The van der Waals surface area contributed by atoms with E-state index in [2.05, 4.69) is 15.3 Å². The third-order valence-electron chi connectivity index (χ3n) is 2.32. The third-order valence-corrected chi connectivity index (χ3v) is 2.63. The second-order valence-electron chi connectivity index (χ2n) is 3.71. The normalized spacial score (nSPS) is 11.2. The van der Waals surface area contributed by atoms with Crippen molar-refractivity contribution in [2.45, 2.75) is 6.18 Å². The van der Waals surface area contributed by atoms with Crippen LogP contribution in [0, 0.1) is 0 Å². The Hall–Kier alpha value is -2.15. The Morgan fingerprint density at radius 1 is 1.25 bits per heavy atom. The molecule has 0 aliphatic rings. The Balaban J connectivity index is 2.40. The monoisotopic (exact) mass is 301 g/mol. The smallest absolute Gasteiger partial charge is 0.320 e.